The summed E-state index contributed by atoms with van der Waals surface area (Å²) in [4.78, 5) is 10.4. The van der Waals surface area contributed by atoms with Gasteiger partial charge in [0.15, 0.2) is 6.10 Å². The third-order valence-electron chi connectivity index (χ3n) is 1.91. The van der Waals surface area contributed by atoms with Crippen LogP contribution in [0.1, 0.15) is 11.1 Å². The molecule has 2 N–H and O–H groups in total. The molecule has 0 fully saturated rings. The molecule has 76 valence electrons. The Hall–Kier alpha value is -0.870. The van der Waals surface area contributed by atoms with Crippen molar-refractivity contribution >= 4 is 21.9 Å². The molecule has 1 rings (SSSR count). The first-order chi connectivity index (χ1) is 6.50. The second-order valence-corrected chi connectivity index (χ2v) is 4.01. The van der Waals surface area contributed by atoms with Gasteiger partial charge in [0, 0.05) is 10.9 Å². The maximum absolute atomic E-state index is 10.4. The van der Waals surface area contributed by atoms with Crippen molar-refractivity contribution in [3.8, 4) is 0 Å². The Kier molecular flexibility index (Phi) is 3.66. The molecule has 0 saturated carbocycles. The fourth-order valence-corrected chi connectivity index (χ4v) is 1.77. The number of hydrogen-bond donors (Lipinski definition) is 2. The topological polar surface area (TPSA) is 57.5 Å². The van der Waals surface area contributed by atoms with Crippen LogP contribution >= 0.6 is 15.9 Å². The van der Waals surface area contributed by atoms with Crippen LogP contribution in [0.3, 0.4) is 0 Å². The van der Waals surface area contributed by atoms with E-state index in [-0.39, 0.29) is 6.42 Å². The molecule has 1 aromatic rings. The van der Waals surface area contributed by atoms with Gasteiger partial charge in [-0.2, -0.15) is 0 Å². The van der Waals surface area contributed by atoms with Crippen LogP contribution in [-0.2, 0) is 11.2 Å². The van der Waals surface area contributed by atoms with Crippen LogP contribution in [0, 0.1) is 6.92 Å². The highest BCUT2D eigenvalue weighted by molar-refractivity contribution is 9.10. The minimum Gasteiger partial charge on any atom is -0.479 e. The molecular weight excluding hydrogens is 248 g/mol. The number of benzene rings is 1. The Morgan fingerprint density at radius 2 is 2.21 bits per heavy atom. The summed E-state index contributed by atoms with van der Waals surface area (Å²) in [7, 11) is 0. The molecule has 0 saturated heterocycles. The summed E-state index contributed by atoms with van der Waals surface area (Å²) in [6.07, 6.45) is -1.22. The van der Waals surface area contributed by atoms with E-state index in [0.29, 0.717) is 0 Å². The molecule has 0 heterocycles. The van der Waals surface area contributed by atoms with E-state index < -0.39 is 12.1 Å². The summed E-state index contributed by atoms with van der Waals surface area (Å²) in [6, 6.07) is 5.59. The van der Waals surface area contributed by atoms with E-state index in [2.05, 4.69) is 15.9 Å². The third-order valence-corrected chi connectivity index (χ3v) is 2.65. The monoisotopic (exact) mass is 258 g/mol. The fourth-order valence-electron chi connectivity index (χ4n) is 1.11. The van der Waals surface area contributed by atoms with E-state index in [1.54, 1.807) is 0 Å². The Morgan fingerprint density at radius 3 is 2.71 bits per heavy atom. The van der Waals surface area contributed by atoms with Crippen molar-refractivity contribution in [2.45, 2.75) is 19.4 Å². The van der Waals surface area contributed by atoms with Gasteiger partial charge in [-0.25, -0.2) is 4.79 Å². The average Bonchev–Trinajstić information content (AvgIpc) is 2.09. The summed E-state index contributed by atoms with van der Waals surface area (Å²) >= 11 is 3.32. The van der Waals surface area contributed by atoms with E-state index in [1.807, 2.05) is 25.1 Å². The predicted octanol–water partition coefficient (Wildman–Crippen LogP) is 1.75. The molecular formula is C10H11BrO3. The summed E-state index contributed by atoms with van der Waals surface area (Å²) in [5.41, 5.74) is 1.89. The van der Waals surface area contributed by atoms with Crippen molar-refractivity contribution in [3.63, 3.8) is 0 Å². The third kappa shape index (κ3) is 2.82. The summed E-state index contributed by atoms with van der Waals surface area (Å²) in [5, 5.41) is 17.7. The first-order valence-electron chi connectivity index (χ1n) is 4.16. The minimum atomic E-state index is -1.34. The van der Waals surface area contributed by atoms with Gasteiger partial charge in [-0.05, 0) is 24.1 Å². The number of carbonyl (C=O) groups is 1. The zero-order valence-electron chi connectivity index (χ0n) is 7.70. The lowest BCUT2D eigenvalue weighted by molar-refractivity contribution is -0.146. The van der Waals surface area contributed by atoms with Gasteiger partial charge in [0.05, 0.1) is 0 Å². The zero-order chi connectivity index (χ0) is 10.7. The molecule has 0 amide bonds. The van der Waals surface area contributed by atoms with E-state index in [4.69, 9.17) is 10.2 Å². The molecule has 0 aliphatic carbocycles. The normalized spacial score (nSPS) is 12.5. The maximum atomic E-state index is 10.4. The lowest BCUT2D eigenvalue weighted by Crippen LogP contribution is -2.22. The molecule has 0 aliphatic heterocycles. The summed E-state index contributed by atoms with van der Waals surface area (Å²) < 4.78 is 0.831. The standard InChI is InChI=1S/C10H11BrO3/c1-6-2-3-7(8(11)4-6)5-9(12)10(13)14/h2-4,9,12H,5H2,1H3,(H,13,14). The molecule has 0 spiro atoms. The molecule has 0 radical (unpaired) electrons. The number of rotatable bonds is 3. The highest BCUT2D eigenvalue weighted by Crippen LogP contribution is 2.19. The Morgan fingerprint density at radius 1 is 1.57 bits per heavy atom. The molecule has 4 heteroatoms. The van der Waals surface area contributed by atoms with Gasteiger partial charge in [-0.15, -0.1) is 0 Å². The number of carboxylic acids is 1. The van der Waals surface area contributed by atoms with Crippen LogP contribution in [0.15, 0.2) is 22.7 Å². The van der Waals surface area contributed by atoms with Crippen LogP contribution < -0.4 is 0 Å². The van der Waals surface area contributed by atoms with E-state index in [0.717, 1.165) is 15.6 Å². The van der Waals surface area contributed by atoms with Gasteiger partial charge in [0.1, 0.15) is 0 Å². The van der Waals surface area contributed by atoms with Crippen LogP contribution in [0.2, 0.25) is 0 Å². The van der Waals surface area contributed by atoms with Crippen molar-refractivity contribution < 1.29 is 15.0 Å². The second kappa shape index (κ2) is 4.57. The van der Waals surface area contributed by atoms with E-state index >= 15 is 0 Å². The van der Waals surface area contributed by atoms with Crippen molar-refractivity contribution in [3.05, 3.63) is 33.8 Å². The first kappa shape index (κ1) is 11.2. The Bertz CT molecular complexity index is 349. The predicted molar refractivity (Wildman–Crippen MR) is 56.2 cm³/mol. The lowest BCUT2D eigenvalue weighted by atomic mass is 10.1. The quantitative estimate of drug-likeness (QED) is 0.869. The van der Waals surface area contributed by atoms with Gasteiger partial charge in [0.25, 0.3) is 0 Å². The van der Waals surface area contributed by atoms with E-state index in [9.17, 15) is 4.79 Å². The number of aliphatic hydroxyl groups is 1. The molecule has 0 aliphatic rings. The van der Waals surface area contributed by atoms with Gasteiger partial charge in [0.2, 0.25) is 0 Å². The smallest absolute Gasteiger partial charge is 0.332 e. The fraction of sp³-hybridized carbons (Fsp3) is 0.300. The van der Waals surface area contributed by atoms with Crippen LogP contribution in [0.5, 0.6) is 0 Å². The second-order valence-electron chi connectivity index (χ2n) is 3.15. The number of hydrogen-bond acceptors (Lipinski definition) is 2. The van der Waals surface area contributed by atoms with Crippen LogP contribution in [0.25, 0.3) is 0 Å². The molecule has 0 bridgehead atoms. The summed E-state index contributed by atoms with van der Waals surface area (Å²) in [5.74, 6) is -1.20. The Labute approximate surface area is 90.5 Å². The van der Waals surface area contributed by atoms with Crippen molar-refractivity contribution in [2.24, 2.45) is 0 Å². The first-order valence-corrected chi connectivity index (χ1v) is 4.96. The zero-order valence-corrected chi connectivity index (χ0v) is 9.28. The lowest BCUT2D eigenvalue weighted by Gasteiger charge is -2.07. The molecule has 1 atom stereocenters. The minimum absolute atomic E-state index is 0.121. The summed E-state index contributed by atoms with van der Waals surface area (Å²) in [6.45, 7) is 1.95. The number of aliphatic carboxylic acids is 1. The number of aliphatic hydroxyl groups excluding tert-OH is 1. The highest BCUT2D eigenvalue weighted by atomic mass is 79.9. The highest BCUT2D eigenvalue weighted by Gasteiger charge is 2.14. The van der Waals surface area contributed by atoms with Gasteiger partial charge in [-0.3, -0.25) is 0 Å². The van der Waals surface area contributed by atoms with Crippen molar-refractivity contribution in [1.82, 2.24) is 0 Å². The molecule has 0 aromatic heterocycles. The molecule has 14 heavy (non-hydrogen) atoms. The van der Waals surface area contributed by atoms with Crippen LogP contribution in [0.4, 0.5) is 0 Å². The largest absolute Gasteiger partial charge is 0.479 e. The number of aryl methyl sites for hydroxylation is 1. The molecule has 1 aromatic carbocycles. The average molecular weight is 259 g/mol. The molecule has 1 unspecified atom stereocenters. The van der Waals surface area contributed by atoms with Gasteiger partial charge < -0.3 is 10.2 Å². The number of carboxylic acid groups (broad SMARTS) is 1. The Balaban J connectivity index is 2.82. The van der Waals surface area contributed by atoms with Gasteiger partial charge in [-0.1, -0.05) is 28.1 Å². The molecule has 3 nitrogen and oxygen atoms in total. The SMILES string of the molecule is Cc1ccc(CC(O)C(=O)O)c(Br)c1. The van der Waals surface area contributed by atoms with Gasteiger partial charge >= 0.3 is 5.97 Å². The van der Waals surface area contributed by atoms with E-state index in [1.165, 1.54) is 0 Å². The van der Waals surface area contributed by atoms with Crippen LogP contribution in [-0.4, -0.2) is 22.3 Å². The van der Waals surface area contributed by atoms with Crippen molar-refractivity contribution in [1.29, 1.82) is 0 Å². The van der Waals surface area contributed by atoms with Crippen molar-refractivity contribution in [2.75, 3.05) is 0 Å². The number of halogens is 1. The maximum Gasteiger partial charge on any atom is 0.332 e.